The lowest BCUT2D eigenvalue weighted by Crippen LogP contribution is -2.31. The molecule has 1 fully saturated rings. The molecule has 170 valence electrons. The highest BCUT2D eigenvalue weighted by molar-refractivity contribution is 7.17. The smallest absolute Gasteiger partial charge is 0.340 e. The summed E-state index contributed by atoms with van der Waals surface area (Å²) in [6, 6.07) is 8.00. The molecule has 4 unspecified atom stereocenters. The van der Waals surface area contributed by atoms with Gasteiger partial charge in [0.15, 0.2) is 0 Å². The first kappa shape index (κ1) is 25.3. The van der Waals surface area contributed by atoms with Crippen LogP contribution in [0.2, 0.25) is 0 Å². The van der Waals surface area contributed by atoms with Gasteiger partial charge in [-0.3, -0.25) is 0 Å². The Morgan fingerprint density at radius 1 is 1.07 bits per heavy atom. The van der Waals surface area contributed by atoms with Gasteiger partial charge in [0.2, 0.25) is 6.29 Å². The van der Waals surface area contributed by atoms with Gasteiger partial charge in [-0.25, -0.2) is 4.79 Å². The number of ether oxygens (including phenoxy) is 2. The van der Waals surface area contributed by atoms with Crippen LogP contribution < -0.4 is 0 Å². The van der Waals surface area contributed by atoms with Crippen LogP contribution in [0, 0.1) is 11.3 Å². The summed E-state index contributed by atoms with van der Waals surface area (Å²) in [4.78, 5) is 12.9. The van der Waals surface area contributed by atoms with Crippen molar-refractivity contribution in [3.8, 4) is 0 Å². The molecule has 4 atom stereocenters. The lowest BCUT2D eigenvalue weighted by molar-refractivity contribution is -0.161. The highest BCUT2D eigenvalue weighted by Gasteiger charge is 2.27. The van der Waals surface area contributed by atoms with Crippen LogP contribution in [0.4, 0.5) is 0 Å². The van der Waals surface area contributed by atoms with Gasteiger partial charge in [-0.15, -0.1) is 9.24 Å². The first-order valence-corrected chi connectivity index (χ1v) is 12.4. The zero-order valence-electron chi connectivity index (χ0n) is 19.9. The minimum absolute atomic E-state index is 0.0302. The molecule has 0 aromatic heterocycles. The molecule has 0 radical (unpaired) electrons. The number of carbonyl (C=O) groups is 1. The Kier molecular flexibility index (Phi) is 9.82. The zero-order valence-corrected chi connectivity index (χ0v) is 21.1. The highest BCUT2D eigenvalue weighted by atomic mass is 31.0. The predicted octanol–water partition coefficient (Wildman–Crippen LogP) is 7.35. The fraction of sp³-hybridized carbons (Fsp3) is 0.731. The van der Waals surface area contributed by atoms with E-state index < -0.39 is 6.29 Å². The molecule has 30 heavy (non-hydrogen) atoms. The Balaban J connectivity index is 2.06. The maximum Gasteiger partial charge on any atom is 0.340 e. The molecule has 3 nitrogen and oxygen atoms in total. The summed E-state index contributed by atoms with van der Waals surface area (Å²) in [5, 5.41) is 0. The van der Waals surface area contributed by atoms with E-state index in [1.54, 1.807) is 0 Å². The molecule has 0 aliphatic heterocycles. The molecule has 1 saturated carbocycles. The lowest BCUT2D eigenvalue weighted by atomic mass is 9.87. The van der Waals surface area contributed by atoms with E-state index in [9.17, 15) is 4.79 Å². The van der Waals surface area contributed by atoms with Crippen LogP contribution in [-0.4, -0.2) is 24.0 Å². The minimum atomic E-state index is -0.485. The molecule has 0 amide bonds. The van der Waals surface area contributed by atoms with E-state index in [-0.39, 0.29) is 17.5 Å². The first-order chi connectivity index (χ1) is 14.0. The molecule has 0 spiro atoms. The Bertz CT molecular complexity index is 639. The average Bonchev–Trinajstić information content (AvgIpc) is 2.65. The minimum Gasteiger partial charge on any atom is -0.432 e. The van der Waals surface area contributed by atoms with Gasteiger partial charge in [-0.2, -0.15) is 0 Å². The normalized spacial score (nSPS) is 18.8. The Morgan fingerprint density at radius 3 is 2.17 bits per heavy atom. The second kappa shape index (κ2) is 11.6. The molecule has 1 aromatic carbocycles. The van der Waals surface area contributed by atoms with Crippen LogP contribution >= 0.6 is 9.24 Å². The summed E-state index contributed by atoms with van der Waals surface area (Å²) in [5.74, 6) is 0.826. The van der Waals surface area contributed by atoms with Crippen molar-refractivity contribution < 1.29 is 14.3 Å². The van der Waals surface area contributed by atoms with Crippen LogP contribution in [0.15, 0.2) is 24.3 Å². The fourth-order valence-corrected chi connectivity index (χ4v) is 4.63. The summed E-state index contributed by atoms with van der Waals surface area (Å²) in [6.07, 6.45) is 7.38. The third-order valence-electron chi connectivity index (χ3n) is 5.85. The van der Waals surface area contributed by atoms with Crippen molar-refractivity contribution in [2.24, 2.45) is 11.3 Å². The molecule has 1 aliphatic carbocycles. The summed E-state index contributed by atoms with van der Waals surface area (Å²) >= 11 is 0. The van der Waals surface area contributed by atoms with Gasteiger partial charge in [-0.05, 0) is 59.9 Å². The Hall–Kier alpha value is -0.920. The van der Waals surface area contributed by atoms with E-state index in [1.165, 1.54) is 24.8 Å². The molecule has 0 saturated heterocycles. The number of hydrogen-bond donors (Lipinski definition) is 0. The number of carbonyl (C=O) groups excluding carboxylic acids is 1. The van der Waals surface area contributed by atoms with Crippen LogP contribution in [0.3, 0.4) is 0 Å². The molecule has 4 heteroatoms. The number of benzene rings is 1. The van der Waals surface area contributed by atoms with Gasteiger partial charge in [0.1, 0.15) is 0 Å². The molecular formula is C26H43O3P. The molecule has 2 rings (SSSR count). The summed E-state index contributed by atoms with van der Waals surface area (Å²) < 4.78 is 12.1. The van der Waals surface area contributed by atoms with Gasteiger partial charge in [0.25, 0.3) is 0 Å². The Labute approximate surface area is 186 Å². The average molecular weight is 435 g/mol. The molecule has 1 aromatic rings. The van der Waals surface area contributed by atoms with Crippen molar-refractivity contribution in [1.29, 1.82) is 0 Å². The molecule has 0 N–H and O–H groups in total. The maximum absolute atomic E-state index is 12.9. The first-order valence-electron chi connectivity index (χ1n) is 11.8. The van der Waals surface area contributed by atoms with E-state index in [0.29, 0.717) is 29.5 Å². The topological polar surface area (TPSA) is 35.5 Å². The van der Waals surface area contributed by atoms with Gasteiger partial charge in [0, 0.05) is 6.42 Å². The zero-order chi connectivity index (χ0) is 22.3. The molecular weight excluding hydrogens is 391 g/mol. The van der Waals surface area contributed by atoms with Crippen molar-refractivity contribution in [1.82, 2.24) is 0 Å². The second-order valence-corrected chi connectivity index (χ2v) is 11.8. The number of esters is 1. The van der Waals surface area contributed by atoms with Gasteiger partial charge in [0.05, 0.1) is 11.7 Å². The van der Waals surface area contributed by atoms with Crippen LogP contribution in [0.25, 0.3) is 0 Å². The summed E-state index contributed by atoms with van der Waals surface area (Å²) in [7, 11) is 2.93. The fourth-order valence-electron chi connectivity index (χ4n) is 4.25. The Morgan fingerprint density at radius 2 is 1.67 bits per heavy atom. The van der Waals surface area contributed by atoms with Gasteiger partial charge < -0.3 is 9.47 Å². The van der Waals surface area contributed by atoms with E-state index in [4.69, 9.17) is 9.47 Å². The standard InChI is InChI=1S/C26H43O3P/c1-18(2)16-23(19(3)30)20-12-14-21(15-13-20)25(27)29-24(17-26(4,5)6)28-22-10-8-7-9-11-22/h12-15,18-19,22-24H,7-11,16-17,30H2,1-6H3. The van der Waals surface area contributed by atoms with Crippen molar-refractivity contribution in [2.45, 2.75) is 110 Å². The van der Waals surface area contributed by atoms with Crippen LogP contribution in [0.5, 0.6) is 0 Å². The predicted molar refractivity (Wildman–Crippen MR) is 129 cm³/mol. The van der Waals surface area contributed by atoms with E-state index in [2.05, 4.69) is 62.9 Å². The monoisotopic (exact) mass is 434 g/mol. The molecule has 0 heterocycles. The summed E-state index contributed by atoms with van der Waals surface area (Å²) in [6.45, 7) is 13.2. The van der Waals surface area contributed by atoms with Gasteiger partial charge in [-0.1, -0.05) is 72.9 Å². The second-order valence-electron chi connectivity index (χ2n) is 10.7. The highest BCUT2D eigenvalue weighted by Crippen LogP contribution is 2.32. The largest absolute Gasteiger partial charge is 0.432 e. The van der Waals surface area contributed by atoms with Crippen molar-refractivity contribution in [3.05, 3.63) is 35.4 Å². The van der Waals surface area contributed by atoms with Crippen LogP contribution in [-0.2, 0) is 9.47 Å². The van der Waals surface area contributed by atoms with Crippen molar-refractivity contribution in [3.63, 3.8) is 0 Å². The van der Waals surface area contributed by atoms with Crippen molar-refractivity contribution >= 4 is 15.2 Å². The quantitative estimate of drug-likeness (QED) is 0.232. The van der Waals surface area contributed by atoms with E-state index >= 15 is 0 Å². The third-order valence-corrected chi connectivity index (χ3v) is 6.31. The number of rotatable bonds is 9. The van der Waals surface area contributed by atoms with Crippen molar-refractivity contribution in [2.75, 3.05) is 0 Å². The van der Waals surface area contributed by atoms with E-state index in [1.807, 2.05) is 12.1 Å². The van der Waals surface area contributed by atoms with E-state index in [0.717, 1.165) is 19.3 Å². The maximum atomic E-state index is 12.9. The van der Waals surface area contributed by atoms with Gasteiger partial charge >= 0.3 is 5.97 Å². The number of hydrogen-bond acceptors (Lipinski definition) is 3. The third kappa shape index (κ3) is 8.67. The molecule has 0 bridgehead atoms. The van der Waals surface area contributed by atoms with Crippen LogP contribution in [0.1, 0.15) is 108 Å². The summed E-state index contributed by atoms with van der Waals surface area (Å²) in [5.41, 5.74) is 2.41. The SMILES string of the molecule is CC(C)CC(c1ccc(C(=O)OC(CC(C)(C)C)OC2CCCCC2)cc1)C(C)P. The molecule has 1 aliphatic rings. The lowest BCUT2D eigenvalue weighted by Gasteiger charge is -2.31.